The van der Waals surface area contributed by atoms with E-state index < -0.39 is 10.0 Å². The van der Waals surface area contributed by atoms with Crippen molar-refractivity contribution in [1.29, 1.82) is 0 Å². The molecule has 0 fully saturated rings. The Labute approximate surface area is 159 Å². The van der Waals surface area contributed by atoms with Crippen molar-refractivity contribution in [3.05, 3.63) is 48.0 Å². The van der Waals surface area contributed by atoms with Gasteiger partial charge in [0.2, 0.25) is 0 Å². The molecule has 1 aliphatic heterocycles. The monoisotopic (exact) mass is 389 g/mol. The van der Waals surface area contributed by atoms with E-state index in [0.717, 1.165) is 12.0 Å². The van der Waals surface area contributed by atoms with Crippen LogP contribution in [-0.4, -0.2) is 34.6 Å². The molecule has 0 saturated carbocycles. The van der Waals surface area contributed by atoms with E-state index in [1.165, 1.54) is 11.4 Å². The average molecular weight is 389 g/mol. The molecule has 144 valence electrons. The van der Waals surface area contributed by atoms with Crippen LogP contribution in [0, 0.1) is 0 Å². The number of anilines is 2. The Hall–Kier alpha value is -2.74. The van der Waals surface area contributed by atoms with E-state index in [1.54, 1.807) is 36.4 Å². The number of aryl methyl sites for hydroxylation is 1. The standard InChI is InChI=1S/C19H23N3O4S/c1-3-20-19(23)21-15-6-11-18-14(13-15)5-4-12-22(18)27(24,25)17-9-7-16(26-2)8-10-17/h6-11,13H,3-5,12H2,1-2H3,(H2,20,21,23). The summed E-state index contributed by atoms with van der Waals surface area (Å²) in [6, 6.07) is 11.4. The van der Waals surface area contributed by atoms with Gasteiger partial charge in [-0.2, -0.15) is 0 Å². The highest BCUT2D eigenvalue weighted by Gasteiger charge is 2.29. The number of methoxy groups -OCH3 is 1. The minimum atomic E-state index is -3.67. The van der Waals surface area contributed by atoms with Gasteiger partial charge in [0.05, 0.1) is 17.7 Å². The molecule has 0 spiro atoms. The second-order valence-electron chi connectivity index (χ2n) is 6.18. The van der Waals surface area contributed by atoms with E-state index in [0.29, 0.717) is 36.6 Å². The number of carbonyl (C=O) groups is 1. The first-order valence-electron chi connectivity index (χ1n) is 8.80. The molecule has 0 saturated heterocycles. The number of nitrogens with zero attached hydrogens (tertiary/aromatic N) is 1. The van der Waals surface area contributed by atoms with Crippen LogP contribution in [0.15, 0.2) is 47.4 Å². The van der Waals surface area contributed by atoms with Gasteiger partial charge in [0.25, 0.3) is 10.0 Å². The normalized spacial score (nSPS) is 13.6. The summed E-state index contributed by atoms with van der Waals surface area (Å²) in [6.45, 7) is 2.80. The van der Waals surface area contributed by atoms with Crippen LogP contribution in [0.1, 0.15) is 18.9 Å². The summed E-state index contributed by atoms with van der Waals surface area (Å²) in [5.74, 6) is 0.606. The van der Waals surface area contributed by atoms with Gasteiger partial charge in [0.15, 0.2) is 0 Å². The third kappa shape index (κ3) is 4.00. The average Bonchev–Trinajstić information content (AvgIpc) is 2.67. The minimum Gasteiger partial charge on any atom is -0.497 e. The summed E-state index contributed by atoms with van der Waals surface area (Å²) in [5.41, 5.74) is 2.19. The van der Waals surface area contributed by atoms with Crippen LogP contribution in [0.5, 0.6) is 5.75 Å². The second kappa shape index (κ2) is 7.87. The molecular formula is C19H23N3O4S. The molecule has 0 aromatic heterocycles. The van der Waals surface area contributed by atoms with Gasteiger partial charge in [-0.3, -0.25) is 4.31 Å². The summed E-state index contributed by atoms with van der Waals surface area (Å²) < 4.78 is 32.7. The minimum absolute atomic E-state index is 0.223. The predicted molar refractivity (Wildman–Crippen MR) is 105 cm³/mol. The van der Waals surface area contributed by atoms with Crippen LogP contribution in [-0.2, 0) is 16.4 Å². The Morgan fingerprint density at radius 1 is 1.19 bits per heavy atom. The van der Waals surface area contributed by atoms with Gasteiger partial charge >= 0.3 is 6.03 Å². The lowest BCUT2D eigenvalue weighted by molar-refractivity contribution is 0.252. The number of benzene rings is 2. The van der Waals surface area contributed by atoms with Crippen LogP contribution < -0.4 is 19.7 Å². The van der Waals surface area contributed by atoms with Gasteiger partial charge in [0.1, 0.15) is 5.75 Å². The topological polar surface area (TPSA) is 87.7 Å². The van der Waals surface area contributed by atoms with E-state index in [2.05, 4.69) is 10.6 Å². The van der Waals surface area contributed by atoms with Gasteiger partial charge in [-0.05, 0) is 67.8 Å². The van der Waals surface area contributed by atoms with Gasteiger partial charge in [0, 0.05) is 18.8 Å². The van der Waals surface area contributed by atoms with Crippen LogP contribution in [0.25, 0.3) is 0 Å². The lowest BCUT2D eigenvalue weighted by atomic mass is 10.0. The Morgan fingerprint density at radius 2 is 1.93 bits per heavy atom. The fourth-order valence-electron chi connectivity index (χ4n) is 3.10. The molecule has 1 aliphatic rings. The Bertz CT molecular complexity index is 926. The number of amides is 2. The molecule has 0 atom stereocenters. The fourth-order valence-corrected chi connectivity index (χ4v) is 4.64. The zero-order chi connectivity index (χ0) is 19.4. The highest BCUT2D eigenvalue weighted by Crippen LogP contribution is 2.34. The summed E-state index contributed by atoms with van der Waals surface area (Å²) in [7, 11) is -2.13. The molecule has 2 aromatic carbocycles. The molecule has 0 radical (unpaired) electrons. The van der Waals surface area contributed by atoms with Crippen molar-refractivity contribution < 1.29 is 17.9 Å². The predicted octanol–water partition coefficient (Wildman–Crippen LogP) is 2.98. The summed E-state index contributed by atoms with van der Waals surface area (Å²) in [6.07, 6.45) is 1.47. The third-order valence-corrected chi connectivity index (χ3v) is 6.23. The van der Waals surface area contributed by atoms with E-state index in [4.69, 9.17) is 4.74 Å². The molecule has 1 heterocycles. The number of urea groups is 1. The van der Waals surface area contributed by atoms with Crippen molar-refractivity contribution in [1.82, 2.24) is 5.32 Å². The van der Waals surface area contributed by atoms with Crippen LogP contribution >= 0.6 is 0 Å². The molecular weight excluding hydrogens is 366 g/mol. The maximum absolute atomic E-state index is 13.1. The van der Waals surface area contributed by atoms with Crippen LogP contribution in [0.2, 0.25) is 0 Å². The highest BCUT2D eigenvalue weighted by molar-refractivity contribution is 7.92. The van der Waals surface area contributed by atoms with Crippen molar-refractivity contribution >= 4 is 27.4 Å². The zero-order valence-corrected chi connectivity index (χ0v) is 16.2. The van der Waals surface area contributed by atoms with Gasteiger partial charge in [-0.25, -0.2) is 13.2 Å². The Kier molecular flexibility index (Phi) is 5.55. The van der Waals surface area contributed by atoms with Crippen molar-refractivity contribution in [2.75, 3.05) is 29.8 Å². The Morgan fingerprint density at radius 3 is 2.59 bits per heavy atom. The quantitative estimate of drug-likeness (QED) is 0.823. The summed E-state index contributed by atoms with van der Waals surface area (Å²) in [5, 5.41) is 5.43. The smallest absolute Gasteiger partial charge is 0.319 e. The number of rotatable bonds is 5. The second-order valence-corrected chi connectivity index (χ2v) is 8.05. The van der Waals surface area contributed by atoms with Crippen molar-refractivity contribution in [3.63, 3.8) is 0 Å². The lowest BCUT2D eigenvalue weighted by Crippen LogP contribution is -2.35. The lowest BCUT2D eigenvalue weighted by Gasteiger charge is -2.31. The maximum atomic E-state index is 13.1. The van der Waals surface area contributed by atoms with Gasteiger partial charge in [-0.1, -0.05) is 0 Å². The van der Waals surface area contributed by atoms with E-state index in [1.807, 2.05) is 13.0 Å². The number of hydrogen-bond donors (Lipinski definition) is 2. The number of sulfonamides is 1. The van der Waals surface area contributed by atoms with Crippen LogP contribution in [0.3, 0.4) is 0 Å². The van der Waals surface area contributed by atoms with Crippen LogP contribution in [0.4, 0.5) is 16.2 Å². The fraction of sp³-hybridized carbons (Fsp3) is 0.316. The molecule has 2 amide bonds. The molecule has 8 heteroatoms. The van der Waals surface area contributed by atoms with Gasteiger partial charge < -0.3 is 15.4 Å². The number of carbonyl (C=O) groups excluding carboxylic acids is 1. The number of fused-ring (bicyclic) bond motifs is 1. The first-order valence-corrected chi connectivity index (χ1v) is 10.2. The largest absolute Gasteiger partial charge is 0.497 e. The first kappa shape index (κ1) is 19.0. The number of nitrogens with one attached hydrogen (secondary N) is 2. The molecule has 2 aromatic rings. The number of hydrogen-bond acceptors (Lipinski definition) is 4. The first-order chi connectivity index (χ1) is 13.0. The van der Waals surface area contributed by atoms with Crippen molar-refractivity contribution in [2.45, 2.75) is 24.7 Å². The Balaban J connectivity index is 1.90. The maximum Gasteiger partial charge on any atom is 0.319 e. The molecule has 27 heavy (non-hydrogen) atoms. The molecule has 0 bridgehead atoms. The molecule has 7 nitrogen and oxygen atoms in total. The number of ether oxygens (including phenoxy) is 1. The summed E-state index contributed by atoms with van der Waals surface area (Å²) >= 11 is 0. The van der Waals surface area contributed by atoms with Crippen molar-refractivity contribution in [2.24, 2.45) is 0 Å². The zero-order valence-electron chi connectivity index (χ0n) is 15.4. The summed E-state index contributed by atoms with van der Waals surface area (Å²) in [4.78, 5) is 11.9. The molecule has 3 rings (SSSR count). The molecule has 0 aliphatic carbocycles. The molecule has 2 N–H and O–H groups in total. The van der Waals surface area contributed by atoms with E-state index in [-0.39, 0.29) is 10.9 Å². The van der Waals surface area contributed by atoms with E-state index >= 15 is 0 Å². The van der Waals surface area contributed by atoms with E-state index in [9.17, 15) is 13.2 Å². The van der Waals surface area contributed by atoms with Crippen molar-refractivity contribution in [3.8, 4) is 5.75 Å². The SMILES string of the molecule is CCNC(=O)Nc1ccc2c(c1)CCCN2S(=O)(=O)c1ccc(OC)cc1. The van der Waals surface area contributed by atoms with Gasteiger partial charge in [-0.15, -0.1) is 0 Å². The third-order valence-electron chi connectivity index (χ3n) is 4.40. The molecule has 0 unspecified atom stereocenters. The highest BCUT2D eigenvalue weighted by atomic mass is 32.2.